The highest BCUT2D eigenvalue weighted by molar-refractivity contribution is 5.91. The molecule has 0 unspecified atom stereocenters. The molecule has 5 heteroatoms. The summed E-state index contributed by atoms with van der Waals surface area (Å²) in [5.74, 6) is 0.657. The van der Waals surface area contributed by atoms with Crippen molar-refractivity contribution in [2.45, 2.75) is 31.7 Å². The minimum Gasteiger partial charge on any atom is -0.475 e. The first kappa shape index (κ1) is 17.4. The first-order valence-electron chi connectivity index (χ1n) is 8.56. The molecule has 2 aromatic rings. The van der Waals surface area contributed by atoms with Crippen molar-refractivity contribution in [3.63, 3.8) is 0 Å². The molecule has 1 aromatic carbocycles. The number of hydrogen-bond donors (Lipinski definition) is 1. The number of carbonyl (C=O) groups excluding carboxylic acids is 1. The van der Waals surface area contributed by atoms with Gasteiger partial charge in [-0.15, -0.1) is 0 Å². The quantitative estimate of drug-likeness (QED) is 0.751. The monoisotopic (exact) mass is 340 g/mol. The normalized spacial score (nSPS) is 14.8. The van der Waals surface area contributed by atoms with Crippen molar-refractivity contribution in [3.8, 4) is 5.88 Å². The van der Waals surface area contributed by atoms with Gasteiger partial charge in [0.25, 0.3) is 0 Å². The first-order chi connectivity index (χ1) is 12.1. The molecule has 0 spiro atoms. The molecule has 0 atom stereocenters. The van der Waals surface area contributed by atoms with Gasteiger partial charge >= 0.3 is 0 Å². The molecule has 0 saturated heterocycles. The molecule has 1 aliphatic rings. The zero-order chi connectivity index (χ0) is 17.7. The lowest BCUT2D eigenvalue weighted by Gasteiger charge is -2.16. The Morgan fingerprint density at radius 1 is 1.24 bits per heavy atom. The lowest BCUT2D eigenvalue weighted by molar-refractivity contribution is -0.123. The number of benzene rings is 1. The number of aryl methyl sites for hydroxylation is 1. The van der Waals surface area contributed by atoms with Crippen LogP contribution < -0.4 is 10.1 Å². The van der Waals surface area contributed by atoms with Crippen molar-refractivity contribution in [1.82, 2.24) is 10.3 Å². The van der Waals surface area contributed by atoms with E-state index in [1.165, 1.54) is 5.56 Å². The van der Waals surface area contributed by atoms with Gasteiger partial charge in [0.1, 0.15) is 6.61 Å². The third-order valence-electron chi connectivity index (χ3n) is 4.54. The molecular formula is C20H24N2O3. The summed E-state index contributed by atoms with van der Waals surface area (Å²) in [5, 5.41) is 3.05. The standard InChI is InChI=1S/C20H24N2O3/c1-15-4-3-5-17(12-15)20(8-9-20)19(23)22-14-16-6-7-18(21-13-16)25-11-10-24-2/h3-7,12-13H,8-11,14H2,1-2H3,(H,22,23). The zero-order valence-electron chi connectivity index (χ0n) is 14.7. The fourth-order valence-corrected chi connectivity index (χ4v) is 2.90. The van der Waals surface area contributed by atoms with Gasteiger partial charge in [-0.25, -0.2) is 4.98 Å². The molecule has 5 nitrogen and oxygen atoms in total. The molecule has 0 bridgehead atoms. The molecule has 1 heterocycles. The Morgan fingerprint density at radius 3 is 2.72 bits per heavy atom. The maximum Gasteiger partial charge on any atom is 0.230 e. The average molecular weight is 340 g/mol. The number of pyridine rings is 1. The Kier molecular flexibility index (Phi) is 5.34. The van der Waals surface area contributed by atoms with Crippen molar-refractivity contribution in [1.29, 1.82) is 0 Å². The third-order valence-corrected chi connectivity index (χ3v) is 4.54. The second-order valence-electron chi connectivity index (χ2n) is 6.48. The fraction of sp³-hybridized carbons (Fsp3) is 0.400. The number of hydrogen-bond acceptors (Lipinski definition) is 4. The van der Waals surface area contributed by atoms with Crippen LogP contribution in [0.5, 0.6) is 5.88 Å². The van der Waals surface area contributed by atoms with Crippen molar-refractivity contribution in [2.24, 2.45) is 0 Å². The van der Waals surface area contributed by atoms with Crippen LogP contribution in [0.1, 0.15) is 29.5 Å². The van der Waals surface area contributed by atoms with Gasteiger partial charge < -0.3 is 14.8 Å². The molecule has 1 aliphatic carbocycles. The first-order valence-corrected chi connectivity index (χ1v) is 8.56. The van der Waals surface area contributed by atoms with E-state index in [1.54, 1.807) is 13.3 Å². The minimum absolute atomic E-state index is 0.0959. The lowest BCUT2D eigenvalue weighted by Crippen LogP contribution is -2.34. The van der Waals surface area contributed by atoms with E-state index < -0.39 is 0 Å². The van der Waals surface area contributed by atoms with E-state index in [4.69, 9.17) is 9.47 Å². The van der Waals surface area contributed by atoms with Gasteiger partial charge in [0.15, 0.2) is 0 Å². The highest BCUT2D eigenvalue weighted by Gasteiger charge is 2.51. The van der Waals surface area contributed by atoms with Crippen LogP contribution in [0.3, 0.4) is 0 Å². The van der Waals surface area contributed by atoms with E-state index in [0.29, 0.717) is 25.6 Å². The van der Waals surface area contributed by atoms with Gasteiger partial charge in [0.2, 0.25) is 11.8 Å². The predicted molar refractivity (Wildman–Crippen MR) is 95.5 cm³/mol. The van der Waals surface area contributed by atoms with Crippen LogP contribution in [0.25, 0.3) is 0 Å². The van der Waals surface area contributed by atoms with Crippen molar-refractivity contribution in [3.05, 3.63) is 59.3 Å². The van der Waals surface area contributed by atoms with Crippen molar-refractivity contribution in [2.75, 3.05) is 20.3 Å². The maximum absolute atomic E-state index is 12.7. The van der Waals surface area contributed by atoms with E-state index in [1.807, 2.05) is 24.3 Å². The molecule has 1 N–H and O–H groups in total. The Morgan fingerprint density at radius 2 is 2.08 bits per heavy atom. The summed E-state index contributed by atoms with van der Waals surface area (Å²) in [6.45, 7) is 3.52. The van der Waals surface area contributed by atoms with Crippen LogP contribution in [0.4, 0.5) is 0 Å². The second-order valence-corrected chi connectivity index (χ2v) is 6.48. The van der Waals surface area contributed by atoms with Gasteiger partial charge in [-0.3, -0.25) is 4.79 Å². The van der Waals surface area contributed by atoms with Gasteiger partial charge in [-0.2, -0.15) is 0 Å². The molecule has 132 valence electrons. The third kappa shape index (κ3) is 4.17. The Balaban J connectivity index is 1.55. The molecule has 1 saturated carbocycles. The summed E-state index contributed by atoms with van der Waals surface area (Å²) >= 11 is 0. The van der Waals surface area contributed by atoms with E-state index in [9.17, 15) is 4.79 Å². The molecule has 0 radical (unpaired) electrons. The smallest absolute Gasteiger partial charge is 0.230 e. The molecule has 3 rings (SSSR count). The topological polar surface area (TPSA) is 60.5 Å². The van der Waals surface area contributed by atoms with Crippen LogP contribution in [-0.4, -0.2) is 31.2 Å². The number of rotatable bonds is 8. The van der Waals surface area contributed by atoms with E-state index in [0.717, 1.165) is 24.0 Å². The van der Waals surface area contributed by atoms with Gasteiger partial charge in [0, 0.05) is 25.9 Å². The van der Waals surface area contributed by atoms with E-state index >= 15 is 0 Å². The van der Waals surface area contributed by atoms with Crippen LogP contribution in [0.15, 0.2) is 42.6 Å². The van der Waals surface area contributed by atoms with Crippen molar-refractivity contribution >= 4 is 5.91 Å². The lowest BCUT2D eigenvalue weighted by atomic mass is 9.93. The maximum atomic E-state index is 12.7. The molecule has 1 aromatic heterocycles. The van der Waals surface area contributed by atoms with Gasteiger partial charge in [-0.1, -0.05) is 35.9 Å². The number of carbonyl (C=O) groups is 1. The minimum atomic E-state index is -0.345. The molecule has 0 aliphatic heterocycles. The summed E-state index contributed by atoms with van der Waals surface area (Å²) in [7, 11) is 1.63. The summed E-state index contributed by atoms with van der Waals surface area (Å²) < 4.78 is 10.4. The van der Waals surface area contributed by atoms with E-state index in [-0.39, 0.29) is 11.3 Å². The highest BCUT2D eigenvalue weighted by Crippen LogP contribution is 2.48. The molecule has 1 amide bonds. The van der Waals surface area contributed by atoms with Crippen molar-refractivity contribution < 1.29 is 14.3 Å². The van der Waals surface area contributed by atoms with Crippen LogP contribution in [0, 0.1) is 6.92 Å². The van der Waals surface area contributed by atoms with Crippen LogP contribution in [0.2, 0.25) is 0 Å². The van der Waals surface area contributed by atoms with Gasteiger partial charge in [0.05, 0.1) is 12.0 Å². The largest absolute Gasteiger partial charge is 0.475 e. The SMILES string of the molecule is COCCOc1ccc(CNC(=O)C2(c3cccc(C)c3)CC2)cn1. The average Bonchev–Trinajstić information content (AvgIpc) is 3.43. The Bertz CT molecular complexity index is 724. The number of methoxy groups -OCH3 is 1. The van der Waals surface area contributed by atoms with E-state index in [2.05, 4.69) is 29.4 Å². The number of nitrogens with zero attached hydrogens (tertiary/aromatic N) is 1. The fourth-order valence-electron chi connectivity index (χ4n) is 2.90. The zero-order valence-corrected chi connectivity index (χ0v) is 14.7. The van der Waals surface area contributed by atoms with Crippen LogP contribution >= 0.6 is 0 Å². The molecular weight excluding hydrogens is 316 g/mol. The molecule has 25 heavy (non-hydrogen) atoms. The summed E-state index contributed by atoms with van der Waals surface area (Å²) in [6, 6.07) is 12.0. The number of nitrogens with one attached hydrogen (secondary N) is 1. The summed E-state index contributed by atoms with van der Waals surface area (Å²) in [4.78, 5) is 16.9. The second kappa shape index (κ2) is 7.66. The Hall–Kier alpha value is -2.40. The summed E-state index contributed by atoms with van der Waals surface area (Å²) in [5.41, 5.74) is 2.91. The predicted octanol–water partition coefficient (Wildman–Crippen LogP) is 2.76. The number of aromatic nitrogens is 1. The van der Waals surface area contributed by atoms with Gasteiger partial charge in [-0.05, 0) is 30.9 Å². The number of ether oxygens (including phenoxy) is 2. The number of amides is 1. The highest BCUT2D eigenvalue weighted by atomic mass is 16.5. The summed E-state index contributed by atoms with van der Waals surface area (Å²) in [6.07, 6.45) is 3.55. The molecule has 1 fully saturated rings. The Labute approximate surface area is 148 Å². The van der Waals surface area contributed by atoms with Crippen LogP contribution in [-0.2, 0) is 21.5 Å².